The second-order valence-corrected chi connectivity index (χ2v) is 7.87. The highest BCUT2D eigenvalue weighted by Gasteiger charge is 2.22. The molecule has 4 rings (SSSR count). The van der Waals surface area contributed by atoms with Crippen molar-refractivity contribution in [2.24, 2.45) is 0 Å². The molecule has 0 radical (unpaired) electrons. The van der Waals surface area contributed by atoms with Crippen molar-refractivity contribution in [3.05, 3.63) is 59.7 Å². The van der Waals surface area contributed by atoms with Crippen LogP contribution in [0.15, 0.2) is 42.5 Å². The van der Waals surface area contributed by atoms with Crippen molar-refractivity contribution in [3.8, 4) is 0 Å². The van der Waals surface area contributed by atoms with Crippen LogP contribution in [0.4, 0.5) is 0 Å². The van der Waals surface area contributed by atoms with E-state index in [2.05, 4.69) is 67.4 Å². The maximum absolute atomic E-state index is 12.0. The molecule has 1 aliphatic heterocycles. The maximum Gasteiger partial charge on any atom is 0.222 e. The monoisotopic (exact) mass is 407 g/mol. The first-order valence-electron chi connectivity index (χ1n) is 10.5. The van der Waals surface area contributed by atoms with Gasteiger partial charge in [0.2, 0.25) is 5.91 Å². The molecule has 1 aliphatic rings. The van der Waals surface area contributed by atoms with Gasteiger partial charge in [-0.15, -0.1) is 10.2 Å². The third-order valence-electron chi connectivity index (χ3n) is 5.67. The zero-order valence-electron chi connectivity index (χ0n) is 17.7. The van der Waals surface area contributed by atoms with Gasteiger partial charge in [-0.05, 0) is 29.3 Å². The number of hydrogen-bond donors (Lipinski definition) is 1. The number of carbonyl (C=O) groups excluding carboxylic acids is 1. The lowest BCUT2D eigenvalue weighted by atomic mass is 10.1. The van der Waals surface area contributed by atoms with E-state index in [-0.39, 0.29) is 11.9 Å². The van der Waals surface area contributed by atoms with E-state index in [4.69, 9.17) is 4.74 Å². The number of aromatic nitrogens is 3. The highest BCUT2D eigenvalue weighted by molar-refractivity contribution is 5.83. The van der Waals surface area contributed by atoms with Gasteiger partial charge in [-0.2, -0.15) is 0 Å². The highest BCUT2D eigenvalue weighted by Crippen LogP contribution is 2.19. The molecule has 0 bridgehead atoms. The summed E-state index contributed by atoms with van der Waals surface area (Å²) in [5.74, 6) is 1.78. The first kappa shape index (κ1) is 20.5. The van der Waals surface area contributed by atoms with Crippen LogP contribution < -0.4 is 5.32 Å². The van der Waals surface area contributed by atoms with Crippen molar-refractivity contribution >= 4 is 16.7 Å². The second kappa shape index (κ2) is 9.36. The molecule has 2 aromatic carbocycles. The van der Waals surface area contributed by atoms with Crippen molar-refractivity contribution in [2.75, 3.05) is 26.8 Å². The number of benzene rings is 2. The molecule has 1 amide bonds. The van der Waals surface area contributed by atoms with E-state index in [0.29, 0.717) is 13.0 Å². The largest absolute Gasteiger partial charge is 0.384 e. The average Bonchev–Trinajstić information content (AvgIpc) is 3.07. The lowest BCUT2D eigenvalue weighted by Crippen LogP contribution is -2.30. The van der Waals surface area contributed by atoms with Gasteiger partial charge in [0.25, 0.3) is 0 Å². The topological polar surface area (TPSA) is 72.3 Å². The third kappa shape index (κ3) is 4.68. The van der Waals surface area contributed by atoms with Crippen LogP contribution in [-0.2, 0) is 29.0 Å². The SMILES string of the molecule is COCCC(=O)N[C@@H](C)c1nnc2n1CCN(Cc1ccc3ccccc3c1)CC2. The normalized spacial score (nSPS) is 15.5. The first-order chi connectivity index (χ1) is 14.6. The molecule has 158 valence electrons. The van der Waals surface area contributed by atoms with Gasteiger partial charge < -0.3 is 14.6 Å². The lowest BCUT2D eigenvalue weighted by Gasteiger charge is -2.20. The van der Waals surface area contributed by atoms with Gasteiger partial charge in [0.1, 0.15) is 5.82 Å². The number of rotatable bonds is 7. The van der Waals surface area contributed by atoms with Crippen LogP contribution in [0.1, 0.15) is 36.6 Å². The molecule has 3 aromatic rings. The number of ether oxygens (including phenoxy) is 1. The molecular weight excluding hydrogens is 378 g/mol. The van der Waals surface area contributed by atoms with Crippen molar-refractivity contribution in [2.45, 2.75) is 38.9 Å². The molecule has 1 aromatic heterocycles. The molecule has 0 saturated heterocycles. The van der Waals surface area contributed by atoms with Crippen LogP contribution in [0.2, 0.25) is 0 Å². The maximum atomic E-state index is 12.0. The molecule has 1 atom stereocenters. The zero-order chi connectivity index (χ0) is 20.9. The molecule has 7 nitrogen and oxygen atoms in total. The van der Waals surface area contributed by atoms with E-state index >= 15 is 0 Å². The number of fused-ring (bicyclic) bond motifs is 2. The number of amides is 1. The van der Waals surface area contributed by atoms with Crippen molar-refractivity contribution in [1.82, 2.24) is 25.0 Å². The molecule has 0 spiro atoms. The summed E-state index contributed by atoms with van der Waals surface area (Å²) >= 11 is 0. The van der Waals surface area contributed by atoms with Gasteiger partial charge in [-0.1, -0.05) is 36.4 Å². The number of nitrogens with zero attached hydrogens (tertiary/aromatic N) is 4. The van der Waals surface area contributed by atoms with E-state index in [0.717, 1.165) is 44.2 Å². The fourth-order valence-corrected chi connectivity index (χ4v) is 4.04. The predicted octanol–water partition coefficient (Wildman–Crippen LogP) is 2.70. The molecule has 0 unspecified atom stereocenters. The van der Waals surface area contributed by atoms with Gasteiger partial charge in [0.05, 0.1) is 12.6 Å². The Balaban J connectivity index is 1.40. The van der Waals surface area contributed by atoms with Crippen LogP contribution in [0, 0.1) is 0 Å². The summed E-state index contributed by atoms with van der Waals surface area (Å²) in [6.07, 6.45) is 1.20. The van der Waals surface area contributed by atoms with Crippen LogP contribution in [0.5, 0.6) is 0 Å². The van der Waals surface area contributed by atoms with E-state index in [1.165, 1.54) is 16.3 Å². The highest BCUT2D eigenvalue weighted by atomic mass is 16.5. The van der Waals surface area contributed by atoms with E-state index in [1.54, 1.807) is 7.11 Å². The summed E-state index contributed by atoms with van der Waals surface area (Å²) in [6, 6.07) is 15.0. The van der Waals surface area contributed by atoms with E-state index in [9.17, 15) is 4.79 Å². The van der Waals surface area contributed by atoms with Gasteiger partial charge in [-0.3, -0.25) is 9.69 Å². The van der Waals surface area contributed by atoms with Crippen LogP contribution in [0.25, 0.3) is 10.8 Å². The summed E-state index contributed by atoms with van der Waals surface area (Å²) in [5, 5.41) is 14.3. The van der Waals surface area contributed by atoms with Crippen LogP contribution in [0.3, 0.4) is 0 Å². The molecule has 0 aliphatic carbocycles. The molecular formula is C23H29N5O2. The Kier molecular flexibility index (Phi) is 6.40. The number of nitrogens with one attached hydrogen (secondary N) is 1. The zero-order valence-corrected chi connectivity index (χ0v) is 17.7. The standard InChI is InChI=1S/C23H29N5O2/c1-17(24-22(29)10-14-30-2)23-26-25-21-9-11-27(12-13-28(21)23)16-18-7-8-19-5-3-4-6-20(19)15-18/h3-8,15,17H,9-14,16H2,1-2H3,(H,24,29)/t17-/m0/s1. The summed E-state index contributed by atoms with van der Waals surface area (Å²) in [7, 11) is 1.60. The molecule has 2 heterocycles. The van der Waals surface area contributed by atoms with Crippen molar-refractivity contribution in [3.63, 3.8) is 0 Å². The lowest BCUT2D eigenvalue weighted by molar-refractivity contribution is -0.122. The first-order valence-corrected chi connectivity index (χ1v) is 10.5. The molecule has 0 saturated carbocycles. The Morgan fingerprint density at radius 1 is 1.13 bits per heavy atom. The fourth-order valence-electron chi connectivity index (χ4n) is 4.04. The summed E-state index contributed by atoms with van der Waals surface area (Å²) in [6.45, 7) is 5.99. The van der Waals surface area contributed by atoms with Gasteiger partial charge >= 0.3 is 0 Å². The number of hydrogen-bond acceptors (Lipinski definition) is 5. The second-order valence-electron chi connectivity index (χ2n) is 7.87. The van der Waals surface area contributed by atoms with Crippen LogP contribution >= 0.6 is 0 Å². The van der Waals surface area contributed by atoms with Crippen molar-refractivity contribution < 1.29 is 9.53 Å². The van der Waals surface area contributed by atoms with E-state index in [1.807, 2.05) is 6.92 Å². The minimum absolute atomic E-state index is 0.0340. The van der Waals surface area contributed by atoms with Gasteiger partial charge in [0.15, 0.2) is 5.82 Å². The summed E-state index contributed by atoms with van der Waals surface area (Å²) < 4.78 is 7.14. The van der Waals surface area contributed by atoms with Gasteiger partial charge in [0, 0.05) is 46.1 Å². The fraction of sp³-hybridized carbons (Fsp3) is 0.435. The van der Waals surface area contributed by atoms with E-state index < -0.39 is 0 Å². The number of methoxy groups -OCH3 is 1. The Hall–Kier alpha value is -2.77. The van der Waals surface area contributed by atoms with Gasteiger partial charge in [-0.25, -0.2) is 0 Å². The Bertz CT molecular complexity index is 1020. The molecule has 7 heteroatoms. The Labute approximate surface area is 177 Å². The molecule has 0 fully saturated rings. The third-order valence-corrected chi connectivity index (χ3v) is 5.67. The Morgan fingerprint density at radius 3 is 2.80 bits per heavy atom. The minimum atomic E-state index is -0.178. The molecule has 1 N–H and O–H groups in total. The summed E-state index contributed by atoms with van der Waals surface area (Å²) in [4.78, 5) is 14.5. The average molecular weight is 408 g/mol. The predicted molar refractivity (Wildman–Crippen MR) is 116 cm³/mol. The van der Waals surface area contributed by atoms with Crippen LogP contribution in [-0.4, -0.2) is 52.4 Å². The quantitative estimate of drug-likeness (QED) is 0.652. The minimum Gasteiger partial charge on any atom is -0.384 e. The van der Waals surface area contributed by atoms with Crippen molar-refractivity contribution in [1.29, 1.82) is 0 Å². The Morgan fingerprint density at radius 2 is 1.97 bits per heavy atom. The summed E-state index contributed by atoms with van der Waals surface area (Å²) in [5.41, 5.74) is 1.32. The number of carbonyl (C=O) groups is 1. The molecule has 30 heavy (non-hydrogen) atoms. The smallest absolute Gasteiger partial charge is 0.222 e.